The fourth-order valence-corrected chi connectivity index (χ4v) is 1.54. The number of carbonyl (C=O) groups is 1. The Kier molecular flexibility index (Phi) is 7.69. The lowest BCUT2D eigenvalue weighted by Crippen LogP contribution is -2.32. The third kappa shape index (κ3) is 6.54. The maximum Gasteiger partial charge on any atom is 0.238 e. The van der Waals surface area contributed by atoms with Crippen molar-refractivity contribution in [3.8, 4) is 5.75 Å². The molecule has 0 saturated carbocycles. The Balaban J connectivity index is 2.49. The second-order valence-corrected chi connectivity index (χ2v) is 4.63. The van der Waals surface area contributed by atoms with E-state index in [9.17, 15) is 4.79 Å². The molecular weight excluding hydrogens is 256 g/mol. The number of hydrogen-bond acceptors (Lipinski definition) is 4. The summed E-state index contributed by atoms with van der Waals surface area (Å²) in [5.74, 6) is 0.574. The van der Waals surface area contributed by atoms with Crippen molar-refractivity contribution < 1.29 is 14.3 Å². The number of amides is 1. The van der Waals surface area contributed by atoms with E-state index in [1.807, 2.05) is 45.0 Å². The van der Waals surface area contributed by atoms with Crippen molar-refractivity contribution >= 4 is 11.6 Å². The van der Waals surface area contributed by atoms with Crippen molar-refractivity contribution in [2.75, 3.05) is 31.7 Å². The van der Waals surface area contributed by atoms with Gasteiger partial charge in [-0.25, -0.2) is 0 Å². The van der Waals surface area contributed by atoms with Crippen LogP contribution in [0.25, 0.3) is 0 Å². The first-order chi connectivity index (χ1) is 9.63. The molecule has 0 aliphatic carbocycles. The quantitative estimate of drug-likeness (QED) is 0.680. The number of carbonyl (C=O) groups excluding carboxylic acids is 1. The highest BCUT2D eigenvalue weighted by atomic mass is 16.5. The van der Waals surface area contributed by atoms with Crippen LogP contribution in [0.5, 0.6) is 5.75 Å². The molecule has 0 spiro atoms. The van der Waals surface area contributed by atoms with Crippen LogP contribution < -0.4 is 15.4 Å². The molecule has 0 heterocycles. The number of anilines is 1. The molecule has 20 heavy (non-hydrogen) atoms. The van der Waals surface area contributed by atoms with Gasteiger partial charge in [0, 0.05) is 12.6 Å². The molecule has 5 nitrogen and oxygen atoms in total. The van der Waals surface area contributed by atoms with Crippen LogP contribution in [0.2, 0.25) is 0 Å². The second kappa shape index (κ2) is 9.34. The van der Waals surface area contributed by atoms with Crippen molar-refractivity contribution in [1.82, 2.24) is 5.32 Å². The van der Waals surface area contributed by atoms with Gasteiger partial charge in [0.05, 0.1) is 18.8 Å². The van der Waals surface area contributed by atoms with Crippen molar-refractivity contribution in [2.24, 2.45) is 0 Å². The fourth-order valence-electron chi connectivity index (χ4n) is 1.54. The van der Waals surface area contributed by atoms with E-state index in [0.717, 1.165) is 0 Å². The minimum absolute atomic E-state index is 0.0837. The van der Waals surface area contributed by atoms with Crippen LogP contribution in [0.3, 0.4) is 0 Å². The standard InChI is InChI=1S/C15H24N2O3/c1-4-19-9-10-20-14-8-6-5-7-13(14)17-15(18)11-16-12(2)3/h5-8,12,16H,4,9-11H2,1-3H3,(H,17,18). The minimum Gasteiger partial charge on any atom is -0.489 e. The number of rotatable bonds is 9. The van der Waals surface area contributed by atoms with Gasteiger partial charge in [-0.2, -0.15) is 0 Å². The molecule has 0 atom stereocenters. The number of hydrogen-bond donors (Lipinski definition) is 2. The molecule has 1 aromatic carbocycles. The first kappa shape index (κ1) is 16.5. The van der Waals surface area contributed by atoms with Crippen LogP contribution in [-0.2, 0) is 9.53 Å². The Morgan fingerprint density at radius 1 is 1.25 bits per heavy atom. The van der Waals surface area contributed by atoms with Crippen molar-refractivity contribution in [3.05, 3.63) is 24.3 Å². The van der Waals surface area contributed by atoms with E-state index < -0.39 is 0 Å². The molecule has 0 aliphatic rings. The lowest BCUT2D eigenvalue weighted by Gasteiger charge is -2.13. The molecule has 0 unspecified atom stereocenters. The Bertz CT molecular complexity index is 408. The number of ether oxygens (including phenoxy) is 2. The summed E-state index contributed by atoms with van der Waals surface area (Å²) in [4.78, 5) is 11.8. The molecule has 0 saturated heterocycles. The van der Waals surface area contributed by atoms with Gasteiger partial charge in [0.2, 0.25) is 5.91 Å². The molecule has 5 heteroatoms. The summed E-state index contributed by atoms with van der Waals surface area (Å²) < 4.78 is 10.8. The monoisotopic (exact) mass is 280 g/mol. The lowest BCUT2D eigenvalue weighted by atomic mass is 10.3. The highest BCUT2D eigenvalue weighted by molar-refractivity contribution is 5.93. The largest absolute Gasteiger partial charge is 0.489 e. The predicted octanol–water partition coefficient (Wildman–Crippen LogP) is 2.04. The summed E-state index contributed by atoms with van der Waals surface area (Å²) in [6.45, 7) is 7.89. The zero-order valence-electron chi connectivity index (χ0n) is 12.4. The van der Waals surface area contributed by atoms with E-state index >= 15 is 0 Å². The van der Waals surface area contributed by atoms with E-state index in [1.165, 1.54) is 0 Å². The summed E-state index contributed by atoms with van der Waals surface area (Å²) in [7, 11) is 0. The number of nitrogens with one attached hydrogen (secondary N) is 2. The summed E-state index contributed by atoms with van der Waals surface area (Å²) in [6, 6.07) is 7.66. The summed E-state index contributed by atoms with van der Waals surface area (Å²) in [5, 5.41) is 5.91. The third-order valence-electron chi connectivity index (χ3n) is 2.52. The van der Waals surface area contributed by atoms with Gasteiger partial charge in [-0.05, 0) is 19.1 Å². The Morgan fingerprint density at radius 3 is 2.70 bits per heavy atom. The SMILES string of the molecule is CCOCCOc1ccccc1NC(=O)CNC(C)C. The Morgan fingerprint density at radius 2 is 2.00 bits per heavy atom. The Labute approximate surface area is 120 Å². The molecule has 0 fully saturated rings. The van der Waals surface area contributed by atoms with Crippen molar-refractivity contribution in [3.63, 3.8) is 0 Å². The second-order valence-electron chi connectivity index (χ2n) is 4.63. The Hall–Kier alpha value is -1.59. The van der Waals surface area contributed by atoms with E-state index in [1.54, 1.807) is 0 Å². The van der Waals surface area contributed by atoms with Crippen LogP contribution in [0.4, 0.5) is 5.69 Å². The molecule has 0 aliphatic heterocycles. The molecule has 0 bridgehead atoms. The third-order valence-corrected chi connectivity index (χ3v) is 2.52. The van der Waals surface area contributed by atoms with Crippen LogP contribution >= 0.6 is 0 Å². The minimum atomic E-state index is -0.0837. The molecular formula is C15H24N2O3. The number of para-hydroxylation sites is 2. The van der Waals surface area contributed by atoms with E-state index in [-0.39, 0.29) is 18.5 Å². The maximum absolute atomic E-state index is 11.8. The first-order valence-corrected chi connectivity index (χ1v) is 6.96. The van der Waals surface area contributed by atoms with Gasteiger partial charge in [0.15, 0.2) is 0 Å². The van der Waals surface area contributed by atoms with Gasteiger partial charge >= 0.3 is 0 Å². The van der Waals surface area contributed by atoms with Gasteiger partial charge in [-0.15, -0.1) is 0 Å². The van der Waals surface area contributed by atoms with Gasteiger partial charge in [-0.3, -0.25) is 4.79 Å². The summed E-state index contributed by atoms with van der Waals surface area (Å²) in [5.41, 5.74) is 0.680. The molecule has 0 radical (unpaired) electrons. The first-order valence-electron chi connectivity index (χ1n) is 6.96. The average molecular weight is 280 g/mol. The highest BCUT2D eigenvalue weighted by Crippen LogP contribution is 2.23. The van der Waals surface area contributed by atoms with E-state index in [4.69, 9.17) is 9.47 Å². The van der Waals surface area contributed by atoms with Gasteiger partial charge < -0.3 is 20.1 Å². The maximum atomic E-state index is 11.8. The zero-order chi connectivity index (χ0) is 14.8. The average Bonchev–Trinajstić information content (AvgIpc) is 2.43. The van der Waals surface area contributed by atoms with Gasteiger partial charge in [0.25, 0.3) is 0 Å². The van der Waals surface area contributed by atoms with E-state index in [0.29, 0.717) is 31.3 Å². The fraction of sp³-hybridized carbons (Fsp3) is 0.533. The molecule has 1 rings (SSSR count). The van der Waals surface area contributed by atoms with Gasteiger partial charge in [0.1, 0.15) is 12.4 Å². The van der Waals surface area contributed by atoms with Crippen LogP contribution in [0.15, 0.2) is 24.3 Å². The molecule has 1 aromatic rings. The molecule has 1 amide bonds. The van der Waals surface area contributed by atoms with Crippen molar-refractivity contribution in [1.29, 1.82) is 0 Å². The molecule has 2 N–H and O–H groups in total. The molecule has 112 valence electrons. The highest BCUT2D eigenvalue weighted by Gasteiger charge is 2.07. The predicted molar refractivity (Wildman–Crippen MR) is 80.2 cm³/mol. The number of benzene rings is 1. The van der Waals surface area contributed by atoms with E-state index in [2.05, 4.69) is 10.6 Å². The normalized spacial score (nSPS) is 10.6. The van der Waals surface area contributed by atoms with Crippen LogP contribution in [0, 0.1) is 0 Å². The topological polar surface area (TPSA) is 59.6 Å². The van der Waals surface area contributed by atoms with Gasteiger partial charge in [-0.1, -0.05) is 26.0 Å². The van der Waals surface area contributed by atoms with Crippen LogP contribution in [-0.4, -0.2) is 38.3 Å². The lowest BCUT2D eigenvalue weighted by molar-refractivity contribution is -0.115. The summed E-state index contributed by atoms with van der Waals surface area (Å²) in [6.07, 6.45) is 0. The zero-order valence-corrected chi connectivity index (χ0v) is 12.4. The summed E-state index contributed by atoms with van der Waals surface area (Å²) >= 11 is 0. The van der Waals surface area contributed by atoms with Crippen molar-refractivity contribution in [2.45, 2.75) is 26.8 Å². The van der Waals surface area contributed by atoms with Crippen LogP contribution in [0.1, 0.15) is 20.8 Å². The molecule has 0 aromatic heterocycles. The smallest absolute Gasteiger partial charge is 0.238 e.